The second kappa shape index (κ2) is 13.4. The molecule has 1 aliphatic heterocycles. The Morgan fingerprint density at radius 2 is 1.96 bits per heavy atom. The molecular weight excluding hydrogens is 592 g/mol. The van der Waals surface area contributed by atoms with E-state index in [1.54, 1.807) is 23.0 Å². The molecular formula is C35H43ClN4O5. The third-order valence-electron chi connectivity index (χ3n) is 10.4. The molecule has 0 radical (unpaired) electrons. The second-order valence-electron chi connectivity index (χ2n) is 13.7. The minimum Gasteiger partial charge on any atom is -0.459 e. The first kappa shape index (κ1) is 32.8. The first-order valence-electron chi connectivity index (χ1n) is 15.9. The maximum Gasteiger partial charge on any atom is 0.310 e. The number of aldehydes is 1. The topological polar surface area (TPSA) is 111 Å². The minimum atomic E-state index is -0.541. The van der Waals surface area contributed by atoms with Crippen molar-refractivity contribution in [1.82, 2.24) is 15.0 Å². The Kier molecular flexibility index (Phi) is 9.77. The lowest BCUT2D eigenvalue weighted by Crippen LogP contribution is -2.49. The number of benzene rings is 1. The summed E-state index contributed by atoms with van der Waals surface area (Å²) in [5.74, 6) is -0.645. The number of nitrogens with zero attached hydrogens (tertiary/aromatic N) is 4. The maximum atomic E-state index is 12.6. The van der Waals surface area contributed by atoms with Crippen molar-refractivity contribution in [3.63, 3.8) is 0 Å². The van der Waals surface area contributed by atoms with Gasteiger partial charge in [-0.25, -0.2) is 0 Å². The molecule has 1 aromatic carbocycles. The van der Waals surface area contributed by atoms with Crippen LogP contribution in [0, 0.1) is 22.7 Å². The van der Waals surface area contributed by atoms with Gasteiger partial charge in [0.15, 0.2) is 0 Å². The van der Waals surface area contributed by atoms with Crippen molar-refractivity contribution in [3.05, 3.63) is 64.5 Å². The predicted octanol–water partition coefficient (Wildman–Crippen LogP) is 6.69. The van der Waals surface area contributed by atoms with Crippen LogP contribution < -0.4 is 4.90 Å². The van der Waals surface area contributed by atoms with E-state index in [4.69, 9.17) is 16.3 Å². The summed E-state index contributed by atoms with van der Waals surface area (Å²) in [4.78, 5) is 50.7. The monoisotopic (exact) mass is 634 g/mol. The molecule has 0 unspecified atom stereocenters. The molecule has 2 aromatic rings. The summed E-state index contributed by atoms with van der Waals surface area (Å²) in [5.41, 5.74) is 3.57. The largest absolute Gasteiger partial charge is 0.459 e. The van der Waals surface area contributed by atoms with Crippen LogP contribution in [0.3, 0.4) is 0 Å². The molecule has 0 N–H and O–H groups in total. The zero-order chi connectivity index (χ0) is 32.4. The number of unbranched alkanes of at least 4 members (excludes halogenated alkanes) is 1. The van der Waals surface area contributed by atoms with Crippen LogP contribution in [0.4, 0.5) is 5.69 Å². The van der Waals surface area contributed by atoms with Gasteiger partial charge in [-0.15, -0.1) is 5.10 Å². The van der Waals surface area contributed by atoms with Crippen molar-refractivity contribution in [1.29, 1.82) is 0 Å². The highest BCUT2D eigenvalue weighted by atomic mass is 35.5. The van der Waals surface area contributed by atoms with Crippen molar-refractivity contribution in [2.45, 2.75) is 91.7 Å². The molecule has 3 aliphatic rings. The summed E-state index contributed by atoms with van der Waals surface area (Å²) >= 11 is 5.98. The number of anilines is 1. The number of hydrogen-bond donors (Lipinski definition) is 0. The molecule has 9 nitrogen and oxygen atoms in total. The molecule has 5 rings (SSSR count). The van der Waals surface area contributed by atoms with Gasteiger partial charge in [0.25, 0.3) is 11.7 Å². The summed E-state index contributed by atoms with van der Waals surface area (Å²) in [6.07, 6.45) is 12.2. The number of halogens is 1. The lowest BCUT2D eigenvalue weighted by Gasteiger charge is -2.58. The Morgan fingerprint density at radius 1 is 1.18 bits per heavy atom. The van der Waals surface area contributed by atoms with Gasteiger partial charge in [0, 0.05) is 18.1 Å². The molecule has 240 valence electrons. The Bertz CT molecular complexity index is 1530. The number of aryl methyl sites for hydroxylation is 1. The zero-order valence-corrected chi connectivity index (χ0v) is 27.3. The fraction of sp³-hybridized carbons (Fsp3) is 0.543. The number of amides is 1. The fourth-order valence-electron chi connectivity index (χ4n) is 8.07. The Hall–Kier alpha value is -3.59. The lowest BCUT2D eigenvalue weighted by atomic mass is 9.47. The van der Waals surface area contributed by atoms with Gasteiger partial charge in [0.05, 0.1) is 23.9 Å². The van der Waals surface area contributed by atoms with E-state index in [1.165, 1.54) is 42.2 Å². The molecule has 2 aliphatic carbocycles. The van der Waals surface area contributed by atoms with Crippen LogP contribution in [0.25, 0.3) is 0 Å². The number of rotatable bonds is 12. The molecule has 0 spiro atoms. The first-order valence-corrected chi connectivity index (χ1v) is 16.3. The molecule has 2 heterocycles. The van der Waals surface area contributed by atoms with E-state index in [-0.39, 0.29) is 18.4 Å². The normalized spacial score (nSPS) is 24.4. The molecule has 0 saturated heterocycles. The molecule has 1 amide bonds. The van der Waals surface area contributed by atoms with E-state index in [0.29, 0.717) is 77.1 Å². The van der Waals surface area contributed by atoms with E-state index in [2.05, 4.69) is 37.7 Å². The third-order valence-corrected chi connectivity index (χ3v) is 10.6. The van der Waals surface area contributed by atoms with Gasteiger partial charge in [-0.2, -0.15) is 0 Å². The molecule has 3 atom stereocenters. The van der Waals surface area contributed by atoms with Crippen LogP contribution >= 0.6 is 11.6 Å². The van der Waals surface area contributed by atoms with Crippen molar-refractivity contribution in [2.24, 2.45) is 22.7 Å². The summed E-state index contributed by atoms with van der Waals surface area (Å²) in [6, 6.07) is 4.89. The van der Waals surface area contributed by atoms with Crippen LogP contribution in [0.15, 0.2) is 48.2 Å². The number of allylic oxidation sites excluding steroid dienone is 2. The Balaban J connectivity index is 1.07. The fourth-order valence-corrected chi connectivity index (χ4v) is 8.24. The molecule has 2 saturated carbocycles. The van der Waals surface area contributed by atoms with E-state index >= 15 is 0 Å². The van der Waals surface area contributed by atoms with Gasteiger partial charge < -0.3 is 9.64 Å². The van der Waals surface area contributed by atoms with Crippen molar-refractivity contribution < 1.29 is 23.9 Å². The molecule has 0 bridgehead atoms. The lowest BCUT2D eigenvalue weighted by molar-refractivity contribution is -0.144. The quantitative estimate of drug-likeness (QED) is 0.0639. The van der Waals surface area contributed by atoms with Crippen LogP contribution in [0.1, 0.15) is 94.6 Å². The molecule has 10 heteroatoms. The van der Waals surface area contributed by atoms with Crippen molar-refractivity contribution in [2.75, 3.05) is 11.4 Å². The predicted molar refractivity (Wildman–Crippen MR) is 172 cm³/mol. The number of ketones is 1. The third kappa shape index (κ3) is 6.98. The van der Waals surface area contributed by atoms with Gasteiger partial charge >= 0.3 is 5.97 Å². The number of carbonyl (C=O) groups excluding carboxylic acids is 4. The Labute approximate surface area is 270 Å². The van der Waals surface area contributed by atoms with Gasteiger partial charge in [-0.3, -0.25) is 23.9 Å². The minimum absolute atomic E-state index is 0.0387. The van der Waals surface area contributed by atoms with Gasteiger partial charge in [-0.1, -0.05) is 62.2 Å². The van der Waals surface area contributed by atoms with E-state index in [9.17, 15) is 19.2 Å². The average molecular weight is 635 g/mol. The standard InChI is InChI=1S/C35H43ClN4O5/c1-23-8-13-30-34(2,3)14-7-15-35(30,4)28(23)11-9-24(21-41)18-31(42)45-22-26-20-39(38-37-26)16-5-6-17-40-29-12-10-25(36)19-27(29)32(43)33(40)44/h9-10,12,19-21,28,30H,1,5-8,11,13-18,22H2,2-4H3/b24-9+/t28-,30-,35+/m0/s1. The highest BCUT2D eigenvalue weighted by Crippen LogP contribution is 2.61. The van der Waals surface area contributed by atoms with E-state index < -0.39 is 17.7 Å². The SMILES string of the molecule is C=C1CC[C@H]2C(C)(C)CCC[C@]2(C)[C@H]1C/C=C(/C=O)CC(=O)OCc1cn(CCCCN2C(=O)C(=O)c3cc(Cl)ccc32)nn1. The highest BCUT2D eigenvalue weighted by molar-refractivity contribution is 6.52. The van der Waals surface area contributed by atoms with Gasteiger partial charge in [0.2, 0.25) is 0 Å². The average Bonchev–Trinajstić information content (AvgIpc) is 3.54. The second-order valence-corrected chi connectivity index (χ2v) is 14.2. The van der Waals surface area contributed by atoms with Crippen LogP contribution in [0.5, 0.6) is 0 Å². The highest BCUT2D eigenvalue weighted by Gasteiger charge is 2.52. The summed E-state index contributed by atoms with van der Waals surface area (Å²) in [5, 5.41) is 8.61. The Morgan fingerprint density at radius 3 is 2.73 bits per heavy atom. The number of fused-ring (bicyclic) bond motifs is 2. The van der Waals surface area contributed by atoms with Crippen molar-refractivity contribution >= 4 is 41.2 Å². The summed E-state index contributed by atoms with van der Waals surface area (Å²) < 4.78 is 7.07. The van der Waals surface area contributed by atoms with Crippen LogP contribution in [0.2, 0.25) is 5.02 Å². The van der Waals surface area contributed by atoms with Crippen LogP contribution in [-0.2, 0) is 32.3 Å². The van der Waals surface area contributed by atoms with Gasteiger partial charge in [0.1, 0.15) is 18.6 Å². The number of carbonyl (C=O) groups is 4. The zero-order valence-electron chi connectivity index (χ0n) is 26.5. The number of esters is 1. The first-order chi connectivity index (χ1) is 21.4. The molecule has 2 fully saturated rings. The number of ether oxygens (including phenoxy) is 1. The summed E-state index contributed by atoms with van der Waals surface area (Å²) in [7, 11) is 0. The smallest absolute Gasteiger partial charge is 0.310 e. The van der Waals surface area contributed by atoms with Crippen molar-refractivity contribution in [3.8, 4) is 0 Å². The summed E-state index contributed by atoms with van der Waals surface area (Å²) in [6.45, 7) is 12.5. The van der Waals surface area contributed by atoms with Crippen LogP contribution in [-0.4, -0.2) is 45.5 Å². The molecule has 45 heavy (non-hydrogen) atoms. The number of Topliss-reactive ketones (excluding diaryl/α,β-unsaturated/α-hetero) is 1. The molecule has 1 aromatic heterocycles. The van der Waals surface area contributed by atoms with E-state index in [0.717, 1.165) is 12.7 Å². The maximum absolute atomic E-state index is 12.6. The van der Waals surface area contributed by atoms with E-state index in [1.807, 2.05) is 6.08 Å². The number of hydrogen-bond acceptors (Lipinski definition) is 7. The number of aromatic nitrogens is 3. The van der Waals surface area contributed by atoms with Gasteiger partial charge in [-0.05, 0) is 91.4 Å².